The molecule has 76 valence electrons. The number of rotatable bonds is 2. The van der Waals surface area contributed by atoms with E-state index in [0.29, 0.717) is 5.92 Å². The Kier molecular flexibility index (Phi) is 3.06. The maximum atomic E-state index is 8.96. The highest BCUT2D eigenvalue weighted by Crippen LogP contribution is 2.32. The summed E-state index contributed by atoms with van der Waals surface area (Å²) in [5.74, 6) is 0.359. The van der Waals surface area contributed by atoms with Crippen molar-refractivity contribution in [2.45, 2.75) is 18.9 Å². The Bertz CT molecular complexity index is 327. The molecule has 0 aliphatic carbocycles. The zero-order chi connectivity index (χ0) is 9.97. The number of fused-ring (bicyclic) bond motifs is 1. The number of benzene rings is 1. The molecule has 1 atom stereocenters. The number of nitrogens with one attached hydrogen (secondary N) is 1. The van der Waals surface area contributed by atoms with E-state index >= 15 is 0 Å². The van der Waals surface area contributed by atoms with Gasteiger partial charge in [-0.15, -0.1) is 0 Å². The van der Waals surface area contributed by atoms with E-state index < -0.39 is 0 Å². The summed E-state index contributed by atoms with van der Waals surface area (Å²) in [6.07, 6.45) is 0.781. The van der Waals surface area contributed by atoms with Crippen LogP contribution in [-0.4, -0.2) is 18.3 Å². The molecule has 1 aromatic rings. The molecule has 0 saturated carbocycles. The van der Waals surface area contributed by atoms with Gasteiger partial charge in [-0.3, -0.25) is 0 Å². The third kappa shape index (κ3) is 1.78. The van der Waals surface area contributed by atoms with Crippen molar-refractivity contribution in [3.8, 4) is 0 Å². The van der Waals surface area contributed by atoms with Gasteiger partial charge in [0, 0.05) is 30.6 Å². The second kappa shape index (κ2) is 4.30. The van der Waals surface area contributed by atoms with Crippen molar-refractivity contribution in [1.29, 1.82) is 0 Å². The Balaban J connectivity index is 2.36. The molecule has 0 spiro atoms. The first kappa shape index (κ1) is 9.97. The van der Waals surface area contributed by atoms with Crippen molar-refractivity contribution >= 4 is 11.6 Å². The fraction of sp³-hybridized carbons (Fsp3) is 0.455. The molecule has 1 unspecified atom stereocenters. The normalized spacial score (nSPS) is 20.6. The van der Waals surface area contributed by atoms with Crippen LogP contribution >= 0.6 is 11.6 Å². The summed E-state index contributed by atoms with van der Waals surface area (Å²) in [5, 5.41) is 13.1. The van der Waals surface area contributed by atoms with Crippen molar-refractivity contribution in [2.24, 2.45) is 0 Å². The lowest BCUT2D eigenvalue weighted by molar-refractivity contribution is 0.271. The highest BCUT2D eigenvalue weighted by atomic mass is 35.5. The first-order valence-corrected chi connectivity index (χ1v) is 5.29. The highest BCUT2D eigenvalue weighted by molar-refractivity contribution is 6.31. The summed E-state index contributed by atoms with van der Waals surface area (Å²) >= 11 is 6.16. The van der Waals surface area contributed by atoms with Gasteiger partial charge in [-0.1, -0.05) is 23.7 Å². The minimum atomic E-state index is 0.219. The van der Waals surface area contributed by atoms with Gasteiger partial charge in [-0.05, 0) is 23.6 Å². The predicted octanol–water partition coefficient (Wildman–Crippen LogP) is 1.91. The van der Waals surface area contributed by atoms with E-state index in [0.717, 1.165) is 24.5 Å². The topological polar surface area (TPSA) is 32.3 Å². The summed E-state index contributed by atoms with van der Waals surface area (Å²) in [4.78, 5) is 0. The van der Waals surface area contributed by atoms with E-state index in [9.17, 15) is 0 Å². The van der Waals surface area contributed by atoms with Crippen LogP contribution in [0.15, 0.2) is 18.2 Å². The summed E-state index contributed by atoms with van der Waals surface area (Å²) in [6, 6.07) is 6.00. The fourth-order valence-corrected chi connectivity index (χ4v) is 2.43. The molecule has 2 rings (SSSR count). The first-order valence-electron chi connectivity index (χ1n) is 4.92. The molecule has 14 heavy (non-hydrogen) atoms. The van der Waals surface area contributed by atoms with Crippen LogP contribution in [0.1, 0.15) is 23.5 Å². The molecular formula is C11H14ClNO. The second-order valence-corrected chi connectivity index (χ2v) is 4.06. The second-order valence-electron chi connectivity index (χ2n) is 3.65. The maximum absolute atomic E-state index is 8.96. The lowest BCUT2D eigenvalue weighted by Gasteiger charge is -2.26. The predicted molar refractivity (Wildman–Crippen MR) is 57.6 cm³/mol. The van der Waals surface area contributed by atoms with Crippen LogP contribution in [0.4, 0.5) is 0 Å². The molecule has 0 amide bonds. The molecule has 0 fully saturated rings. The number of hydrogen-bond donors (Lipinski definition) is 2. The van der Waals surface area contributed by atoms with Gasteiger partial charge in [0.1, 0.15) is 0 Å². The van der Waals surface area contributed by atoms with E-state index in [1.807, 2.05) is 12.1 Å². The van der Waals surface area contributed by atoms with Gasteiger partial charge < -0.3 is 10.4 Å². The van der Waals surface area contributed by atoms with Crippen molar-refractivity contribution in [3.63, 3.8) is 0 Å². The van der Waals surface area contributed by atoms with Crippen LogP contribution in [0.5, 0.6) is 0 Å². The Morgan fingerprint density at radius 2 is 2.36 bits per heavy atom. The average molecular weight is 212 g/mol. The zero-order valence-electron chi connectivity index (χ0n) is 7.96. The molecule has 0 bridgehead atoms. The highest BCUT2D eigenvalue weighted by Gasteiger charge is 2.21. The Labute approximate surface area is 88.9 Å². The average Bonchev–Trinajstić information content (AvgIpc) is 2.19. The molecule has 1 aliphatic rings. The number of halogens is 1. The Hall–Kier alpha value is -0.570. The SMILES string of the molecule is OCCC1CNCc2cccc(Cl)c21. The van der Waals surface area contributed by atoms with E-state index in [4.69, 9.17) is 16.7 Å². The Morgan fingerprint density at radius 3 is 3.14 bits per heavy atom. The summed E-state index contributed by atoms with van der Waals surface area (Å²) in [5.41, 5.74) is 2.49. The molecule has 1 aliphatic heterocycles. The van der Waals surface area contributed by atoms with Crippen molar-refractivity contribution < 1.29 is 5.11 Å². The third-order valence-electron chi connectivity index (χ3n) is 2.74. The largest absolute Gasteiger partial charge is 0.396 e. The number of aliphatic hydroxyl groups excluding tert-OH is 1. The van der Waals surface area contributed by atoms with Gasteiger partial charge in [-0.2, -0.15) is 0 Å². The molecule has 2 N–H and O–H groups in total. The van der Waals surface area contributed by atoms with E-state index in [1.54, 1.807) is 0 Å². The van der Waals surface area contributed by atoms with Crippen molar-refractivity contribution in [1.82, 2.24) is 5.32 Å². The standard InChI is InChI=1S/C11H14ClNO/c12-10-3-1-2-8-6-13-7-9(4-5-14)11(8)10/h1-3,9,13-14H,4-7H2. The van der Waals surface area contributed by atoms with Crippen LogP contribution in [0, 0.1) is 0 Å². The minimum absolute atomic E-state index is 0.219. The third-order valence-corrected chi connectivity index (χ3v) is 3.06. The summed E-state index contributed by atoms with van der Waals surface area (Å²) in [7, 11) is 0. The molecule has 2 nitrogen and oxygen atoms in total. The van der Waals surface area contributed by atoms with Gasteiger partial charge in [0.15, 0.2) is 0 Å². The van der Waals surface area contributed by atoms with Gasteiger partial charge in [0.2, 0.25) is 0 Å². The zero-order valence-corrected chi connectivity index (χ0v) is 8.72. The molecule has 0 radical (unpaired) electrons. The van der Waals surface area contributed by atoms with E-state index in [-0.39, 0.29) is 6.61 Å². The monoisotopic (exact) mass is 211 g/mol. The Morgan fingerprint density at radius 1 is 1.50 bits per heavy atom. The summed E-state index contributed by atoms with van der Waals surface area (Å²) < 4.78 is 0. The van der Waals surface area contributed by atoms with E-state index in [1.165, 1.54) is 11.1 Å². The lowest BCUT2D eigenvalue weighted by atomic mass is 9.89. The van der Waals surface area contributed by atoms with Crippen molar-refractivity contribution in [2.75, 3.05) is 13.2 Å². The fourth-order valence-electron chi connectivity index (χ4n) is 2.08. The van der Waals surface area contributed by atoms with Crippen molar-refractivity contribution in [3.05, 3.63) is 34.3 Å². The smallest absolute Gasteiger partial charge is 0.0444 e. The van der Waals surface area contributed by atoms with E-state index in [2.05, 4.69) is 11.4 Å². The van der Waals surface area contributed by atoms with Gasteiger partial charge in [0.25, 0.3) is 0 Å². The van der Waals surface area contributed by atoms with Gasteiger partial charge >= 0.3 is 0 Å². The van der Waals surface area contributed by atoms with Gasteiger partial charge in [0.05, 0.1) is 0 Å². The van der Waals surface area contributed by atoms with Crippen LogP contribution < -0.4 is 5.32 Å². The quantitative estimate of drug-likeness (QED) is 0.784. The first-order chi connectivity index (χ1) is 6.83. The lowest BCUT2D eigenvalue weighted by Crippen LogP contribution is -2.28. The minimum Gasteiger partial charge on any atom is -0.396 e. The molecule has 3 heteroatoms. The molecule has 1 heterocycles. The number of aliphatic hydroxyl groups is 1. The molecule has 1 aromatic carbocycles. The molecule has 0 aromatic heterocycles. The van der Waals surface area contributed by atoms with Crippen LogP contribution in [0.2, 0.25) is 5.02 Å². The summed E-state index contributed by atoms with van der Waals surface area (Å²) in [6.45, 7) is 2.02. The maximum Gasteiger partial charge on any atom is 0.0444 e. The van der Waals surface area contributed by atoms with Crippen LogP contribution in [-0.2, 0) is 6.54 Å². The molecular weight excluding hydrogens is 198 g/mol. The molecule has 0 saturated heterocycles. The van der Waals surface area contributed by atoms with Gasteiger partial charge in [-0.25, -0.2) is 0 Å². The number of hydrogen-bond acceptors (Lipinski definition) is 2. The van der Waals surface area contributed by atoms with Crippen LogP contribution in [0.3, 0.4) is 0 Å². The van der Waals surface area contributed by atoms with Crippen LogP contribution in [0.25, 0.3) is 0 Å².